The predicted octanol–water partition coefficient (Wildman–Crippen LogP) is 5.50. The van der Waals surface area contributed by atoms with E-state index in [0.717, 1.165) is 61.9 Å². The van der Waals surface area contributed by atoms with E-state index < -0.39 is 0 Å². The third-order valence-corrected chi connectivity index (χ3v) is 7.80. The van der Waals surface area contributed by atoms with E-state index >= 15 is 0 Å². The zero-order valence-corrected chi connectivity index (χ0v) is 23.1. The molecule has 2 aromatic heterocycles. The summed E-state index contributed by atoms with van der Waals surface area (Å²) in [7, 11) is 3.58. The van der Waals surface area contributed by atoms with E-state index in [0.29, 0.717) is 22.3 Å². The Morgan fingerprint density at radius 2 is 1.95 bits per heavy atom. The van der Waals surface area contributed by atoms with Crippen LogP contribution in [0.3, 0.4) is 0 Å². The highest BCUT2D eigenvalue weighted by atomic mass is 32.1. The van der Waals surface area contributed by atoms with Crippen LogP contribution in [0.4, 0.5) is 17.3 Å². The van der Waals surface area contributed by atoms with Crippen LogP contribution < -0.4 is 15.0 Å². The zero-order chi connectivity index (χ0) is 27.0. The number of rotatable bonds is 10. The van der Waals surface area contributed by atoms with E-state index in [-0.39, 0.29) is 5.91 Å². The molecule has 39 heavy (non-hydrogen) atoms. The standard InChI is InChI=1S/C30H33N5O3S/c1-34(24-9-3-6-22(20-24)7-5-15-35-16-18-38-19-17-35)30-31-14-13-26(33-30)27-11-12-28(39-27)29(36)32-23-8-4-10-25(21-23)37-2/h3-4,6,8-14,20-21H,5,7,15-19H2,1-2H3,(H,32,36). The fourth-order valence-corrected chi connectivity index (χ4v) is 5.38. The molecule has 202 valence electrons. The minimum absolute atomic E-state index is 0.170. The average Bonchev–Trinajstić information content (AvgIpc) is 3.49. The number of anilines is 3. The second-order valence-electron chi connectivity index (χ2n) is 9.38. The SMILES string of the molecule is COc1cccc(NC(=O)c2ccc(-c3ccnc(N(C)c4cccc(CCCN5CCOCC5)c4)n3)s2)c1. The average molecular weight is 544 g/mol. The van der Waals surface area contributed by atoms with Crippen molar-refractivity contribution < 1.29 is 14.3 Å². The van der Waals surface area contributed by atoms with Gasteiger partial charge < -0.3 is 19.7 Å². The molecule has 1 N–H and O–H groups in total. The summed E-state index contributed by atoms with van der Waals surface area (Å²) < 4.78 is 10.7. The molecular weight excluding hydrogens is 510 g/mol. The number of carbonyl (C=O) groups is 1. The van der Waals surface area contributed by atoms with Crippen molar-refractivity contribution in [2.24, 2.45) is 0 Å². The number of nitrogens with zero attached hydrogens (tertiary/aromatic N) is 4. The summed E-state index contributed by atoms with van der Waals surface area (Å²) in [5, 5.41) is 2.93. The van der Waals surface area contributed by atoms with Crippen LogP contribution in [0.25, 0.3) is 10.6 Å². The van der Waals surface area contributed by atoms with Crippen molar-refractivity contribution in [1.82, 2.24) is 14.9 Å². The molecule has 1 fully saturated rings. The molecule has 0 atom stereocenters. The lowest BCUT2D eigenvalue weighted by atomic mass is 10.1. The minimum Gasteiger partial charge on any atom is -0.497 e. The number of thiophene rings is 1. The number of nitrogens with one attached hydrogen (secondary N) is 1. The summed E-state index contributed by atoms with van der Waals surface area (Å²) in [6.07, 6.45) is 3.90. The van der Waals surface area contributed by atoms with Crippen molar-refractivity contribution >= 4 is 34.6 Å². The maximum Gasteiger partial charge on any atom is 0.265 e. The van der Waals surface area contributed by atoms with Gasteiger partial charge in [0.2, 0.25) is 5.95 Å². The van der Waals surface area contributed by atoms with E-state index in [2.05, 4.69) is 39.5 Å². The number of amides is 1. The number of methoxy groups -OCH3 is 1. The van der Waals surface area contributed by atoms with E-state index in [4.69, 9.17) is 14.5 Å². The van der Waals surface area contributed by atoms with Gasteiger partial charge in [-0.2, -0.15) is 0 Å². The fourth-order valence-electron chi connectivity index (χ4n) is 4.51. The third-order valence-electron chi connectivity index (χ3n) is 6.69. The number of aromatic nitrogens is 2. The number of aryl methyl sites for hydroxylation is 1. The van der Waals surface area contributed by atoms with Gasteiger partial charge in [0, 0.05) is 43.8 Å². The molecule has 3 heterocycles. The molecule has 0 aliphatic carbocycles. The van der Waals surface area contributed by atoms with E-state index in [1.165, 1.54) is 16.9 Å². The number of carbonyl (C=O) groups excluding carboxylic acids is 1. The topological polar surface area (TPSA) is 79.8 Å². The number of morpholine rings is 1. The minimum atomic E-state index is -0.170. The maximum absolute atomic E-state index is 12.8. The molecule has 2 aromatic carbocycles. The zero-order valence-electron chi connectivity index (χ0n) is 22.3. The maximum atomic E-state index is 12.8. The Morgan fingerprint density at radius 3 is 2.79 bits per heavy atom. The Kier molecular flexibility index (Phi) is 8.82. The molecule has 0 unspecified atom stereocenters. The summed E-state index contributed by atoms with van der Waals surface area (Å²) in [5.41, 5.74) is 3.80. The Labute approximate surface area is 233 Å². The van der Waals surface area contributed by atoms with Gasteiger partial charge in [0.05, 0.1) is 35.8 Å². The van der Waals surface area contributed by atoms with Crippen LogP contribution in [0.15, 0.2) is 72.9 Å². The first-order valence-electron chi connectivity index (χ1n) is 13.1. The van der Waals surface area contributed by atoms with Gasteiger partial charge in [0.1, 0.15) is 5.75 Å². The molecular formula is C30H33N5O3S. The van der Waals surface area contributed by atoms with Gasteiger partial charge in [0.15, 0.2) is 0 Å². The van der Waals surface area contributed by atoms with Gasteiger partial charge in [-0.1, -0.05) is 18.2 Å². The van der Waals surface area contributed by atoms with Crippen molar-refractivity contribution in [2.75, 3.05) is 57.2 Å². The van der Waals surface area contributed by atoms with Gasteiger partial charge in [-0.25, -0.2) is 9.97 Å². The van der Waals surface area contributed by atoms with Crippen LogP contribution >= 0.6 is 11.3 Å². The number of hydrogen-bond donors (Lipinski definition) is 1. The number of hydrogen-bond acceptors (Lipinski definition) is 8. The number of ether oxygens (including phenoxy) is 2. The van der Waals surface area contributed by atoms with Gasteiger partial charge in [0.25, 0.3) is 5.91 Å². The monoisotopic (exact) mass is 543 g/mol. The molecule has 0 saturated carbocycles. The Bertz CT molecular complexity index is 1400. The normalized spacial score (nSPS) is 13.7. The molecule has 0 bridgehead atoms. The summed E-state index contributed by atoms with van der Waals surface area (Å²) in [6.45, 7) is 4.81. The van der Waals surface area contributed by atoms with Crippen molar-refractivity contribution in [2.45, 2.75) is 12.8 Å². The Balaban J connectivity index is 1.23. The Hall–Kier alpha value is -3.79. The van der Waals surface area contributed by atoms with Crippen LogP contribution in [-0.2, 0) is 11.2 Å². The fraction of sp³-hybridized carbons (Fsp3) is 0.300. The first-order valence-corrected chi connectivity index (χ1v) is 13.9. The van der Waals surface area contributed by atoms with Crippen LogP contribution in [0.2, 0.25) is 0 Å². The van der Waals surface area contributed by atoms with Crippen molar-refractivity contribution in [3.63, 3.8) is 0 Å². The summed E-state index contributed by atoms with van der Waals surface area (Å²) in [4.78, 5) is 28.1. The van der Waals surface area contributed by atoms with Crippen LogP contribution in [0.1, 0.15) is 21.7 Å². The quantitative estimate of drug-likeness (QED) is 0.283. The predicted molar refractivity (Wildman–Crippen MR) is 156 cm³/mol. The van der Waals surface area contributed by atoms with Crippen LogP contribution in [0.5, 0.6) is 5.75 Å². The van der Waals surface area contributed by atoms with Gasteiger partial charge >= 0.3 is 0 Å². The summed E-state index contributed by atoms with van der Waals surface area (Å²) in [5.74, 6) is 1.13. The lowest BCUT2D eigenvalue weighted by molar-refractivity contribution is 0.0375. The third kappa shape index (κ3) is 7.00. The van der Waals surface area contributed by atoms with Crippen molar-refractivity contribution in [1.29, 1.82) is 0 Å². The highest BCUT2D eigenvalue weighted by Gasteiger charge is 2.15. The van der Waals surface area contributed by atoms with Crippen LogP contribution in [-0.4, -0.2) is 67.8 Å². The number of benzene rings is 2. The van der Waals surface area contributed by atoms with E-state index in [9.17, 15) is 4.79 Å². The van der Waals surface area contributed by atoms with Crippen molar-refractivity contribution in [3.8, 4) is 16.3 Å². The van der Waals surface area contributed by atoms with E-state index in [1.54, 1.807) is 19.4 Å². The highest BCUT2D eigenvalue weighted by Crippen LogP contribution is 2.30. The molecule has 1 aliphatic heterocycles. The first-order chi connectivity index (χ1) is 19.1. The molecule has 1 amide bonds. The molecule has 8 nitrogen and oxygen atoms in total. The van der Waals surface area contributed by atoms with Crippen molar-refractivity contribution in [3.05, 3.63) is 83.4 Å². The molecule has 9 heteroatoms. The smallest absolute Gasteiger partial charge is 0.265 e. The van der Waals surface area contributed by atoms with E-state index in [1.807, 2.05) is 48.3 Å². The molecule has 0 spiro atoms. The largest absolute Gasteiger partial charge is 0.497 e. The first kappa shape index (κ1) is 26.8. The summed E-state index contributed by atoms with van der Waals surface area (Å²) >= 11 is 1.40. The van der Waals surface area contributed by atoms with Gasteiger partial charge in [-0.05, 0) is 67.4 Å². The lowest BCUT2D eigenvalue weighted by Crippen LogP contribution is -2.36. The van der Waals surface area contributed by atoms with Gasteiger partial charge in [-0.3, -0.25) is 9.69 Å². The second kappa shape index (κ2) is 12.8. The van der Waals surface area contributed by atoms with Gasteiger partial charge in [-0.15, -0.1) is 11.3 Å². The van der Waals surface area contributed by atoms with Crippen LogP contribution in [0, 0.1) is 0 Å². The lowest BCUT2D eigenvalue weighted by Gasteiger charge is -2.26. The summed E-state index contributed by atoms with van der Waals surface area (Å²) in [6, 6.07) is 21.5. The molecule has 0 radical (unpaired) electrons. The Morgan fingerprint density at radius 1 is 1.10 bits per heavy atom. The molecule has 5 rings (SSSR count). The molecule has 1 aliphatic rings. The molecule has 4 aromatic rings. The highest BCUT2D eigenvalue weighted by molar-refractivity contribution is 7.17. The molecule has 1 saturated heterocycles. The second-order valence-corrected chi connectivity index (χ2v) is 10.5.